The molecule has 0 aromatic heterocycles. The molecule has 0 aliphatic heterocycles. The van der Waals surface area contributed by atoms with Crippen molar-refractivity contribution >= 4 is 37.5 Å². The molecule has 18 heavy (non-hydrogen) atoms. The molecule has 6 nitrogen and oxygen atoms in total. The van der Waals surface area contributed by atoms with E-state index in [9.17, 15) is 13.2 Å². The topological polar surface area (TPSA) is 115 Å². The number of rotatable bonds is 5. The molecule has 100 valence electrons. The number of primary amides is 1. The van der Waals surface area contributed by atoms with E-state index in [1.165, 1.54) is 18.2 Å². The molecule has 0 fully saturated rings. The number of nitrogen functional groups attached to an aromatic ring is 1. The van der Waals surface area contributed by atoms with Gasteiger partial charge in [0.2, 0.25) is 15.9 Å². The molecule has 0 aliphatic rings. The highest BCUT2D eigenvalue weighted by Gasteiger charge is 2.19. The smallest absolute Gasteiger partial charge is 0.240 e. The van der Waals surface area contributed by atoms with E-state index in [0.29, 0.717) is 10.2 Å². The highest BCUT2D eigenvalue weighted by Crippen LogP contribution is 2.23. The van der Waals surface area contributed by atoms with Gasteiger partial charge in [-0.1, -0.05) is 0 Å². The lowest BCUT2D eigenvalue weighted by Crippen LogP contribution is -2.35. The molecule has 0 saturated carbocycles. The van der Waals surface area contributed by atoms with Gasteiger partial charge in [-0.2, -0.15) is 0 Å². The van der Waals surface area contributed by atoms with Crippen LogP contribution in [0.25, 0.3) is 0 Å². The molecular formula is C10H14BrN3O3S. The van der Waals surface area contributed by atoms with Crippen LogP contribution >= 0.6 is 15.9 Å². The van der Waals surface area contributed by atoms with E-state index in [-0.39, 0.29) is 11.3 Å². The quantitative estimate of drug-likeness (QED) is 0.682. The Morgan fingerprint density at radius 2 is 2.11 bits per heavy atom. The molecule has 0 heterocycles. The van der Waals surface area contributed by atoms with Crippen molar-refractivity contribution < 1.29 is 13.2 Å². The van der Waals surface area contributed by atoms with Crippen LogP contribution in [0.4, 0.5) is 5.69 Å². The molecule has 1 unspecified atom stereocenters. The number of nitrogens with two attached hydrogens (primary N) is 2. The Morgan fingerprint density at radius 3 is 2.61 bits per heavy atom. The molecule has 1 aromatic rings. The number of carbonyl (C=O) groups excluding carboxylic acids is 1. The minimum atomic E-state index is -3.69. The van der Waals surface area contributed by atoms with E-state index >= 15 is 0 Å². The largest absolute Gasteiger partial charge is 0.398 e. The molecule has 0 aliphatic carbocycles. The normalized spacial score (nSPS) is 13.2. The molecule has 1 rings (SSSR count). The number of halogens is 1. The van der Waals surface area contributed by atoms with Crippen LogP contribution in [-0.2, 0) is 14.8 Å². The second-order valence-corrected chi connectivity index (χ2v) is 6.44. The Hall–Kier alpha value is -1.12. The Kier molecular flexibility index (Phi) is 4.71. The fraction of sp³-hybridized carbons (Fsp3) is 0.300. The third-order valence-electron chi connectivity index (χ3n) is 2.15. The van der Waals surface area contributed by atoms with Crippen LogP contribution in [0, 0.1) is 0 Å². The molecule has 1 atom stereocenters. The zero-order chi connectivity index (χ0) is 13.9. The van der Waals surface area contributed by atoms with Crippen molar-refractivity contribution in [3.8, 4) is 0 Å². The van der Waals surface area contributed by atoms with Crippen LogP contribution in [-0.4, -0.2) is 20.4 Å². The summed E-state index contributed by atoms with van der Waals surface area (Å²) < 4.78 is 26.8. The van der Waals surface area contributed by atoms with Gasteiger partial charge in [0.25, 0.3) is 0 Å². The van der Waals surface area contributed by atoms with Gasteiger partial charge in [0.05, 0.1) is 4.90 Å². The number of hydrogen-bond donors (Lipinski definition) is 3. The van der Waals surface area contributed by atoms with Gasteiger partial charge < -0.3 is 11.5 Å². The zero-order valence-corrected chi connectivity index (χ0v) is 12.1. The Labute approximate surface area is 114 Å². The first kappa shape index (κ1) is 14.9. The van der Waals surface area contributed by atoms with Gasteiger partial charge in [-0.15, -0.1) is 0 Å². The van der Waals surface area contributed by atoms with Crippen LogP contribution in [0.5, 0.6) is 0 Å². The molecule has 0 bridgehead atoms. The van der Waals surface area contributed by atoms with Crippen LogP contribution in [0.15, 0.2) is 27.6 Å². The first-order chi connectivity index (χ1) is 8.22. The number of hydrogen-bond acceptors (Lipinski definition) is 4. The zero-order valence-electron chi connectivity index (χ0n) is 9.68. The second kappa shape index (κ2) is 5.68. The van der Waals surface area contributed by atoms with Crippen molar-refractivity contribution in [3.63, 3.8) is 0 Å². The van der Waals surface area contributed by atoms with Gasteiger partial charge in [0.15, 0.2) is 0 Å². The second-order valence-electron chi connectivity index (χ2n) is 3.88. The van der Waals surface area contributed by atoms with E-state index < -0.39 is 22.0 Å². The maximum absolute atomic E-state index is 12.0. The fourth-order valence-electron chi connectivity index (χ4n) is 1.35. The predicted molar refractivity (Wildman–Crippen MR) is 72.1 cm³/mol. The van der Waals surface area contributed by atoms with Crippen molar-refractivity contribution in [1.29, 1.82) is 0 Å². The van der Waals surface area contributed by atoms with Gasteiger partial charge in [0, 0.05) is 22.6 Å². The van der Waals surface area contributed by atoms with Gasteiger partial charge in [-0.05, 0) is 41.1 Å². The highest BCUT2D eigenvalue weighted by atomic mass is 79.9. The Morgan fingerprint density at radius 1 is 1.50 bits per heavy atom. The van der Waals surface area contributed by atoms with E-state index in [1.54, 1.807) is 6.92 Å². The van der Waals surface area contributed by atoms with Crippen molar-refractivity contribution in [1.82, 2.24) is 4.72 Å². The average molecular weight is 336 g/mol. The number of anilines is 1. The van der Waals surface area contributed by atoms with Crippen LogP contribution in [0.3, 0.4) is 0 Å². The molecule has 8 heteroatoms. The first-order valence-electron chi connectivity index (χ1n) is 5.08. The minimum absolute atomic E-state index is 0.0601. The molecule has 1 aromatic carbocycles. The summed E-state index contributed by atoms with van der Waals surface area (Å²) in [5, 5.41) is 0. The number of nitrogens with one attached hydrogen (secondary N) is 1. The number of benzene rings is 1. The third-order valence-corrected chi connectivity index (χ3v) is 4.42. The number of sulfonamides is 1. The summed E-state index contributed by atoms with van der Waals surface area (Å²) in [5.41, 5.74) is 11.0. The van der Waals surface area contributed by atoms with E-state index in [4.69, 9.17) is 11.5 Å². The minimum Gasteiger partial charge on any atom is -0.398 e. The van der Waals surface area contributed by atoms with Crippen molar-refractivity contribution in [2.45, 2.75) is 24.3 Å². The lowest BCUT2D eigenvalue weighted by molar-refractivity contribution is -0.118. The van der Waals surface area contributed by atoms with Crippen LogP contribution < -0.4 is 16.2 Å². The van der Waals surface area contributed by atoms with Crippen molar-refractivity contribution in [2.75, 3.05) is 5.73 Å². The number of amides is 1. The van der Waals surface area contributed by atoms with Gasteiger partial charge >= 0.3 is 0 Å². The maximum Gasteiger partial charge on any atom is 0.240 e. The van der Waals surface area contributed by atoms with Crippen molar-refractivity contribution in [3.05, 3.63) is 22.7 Å². The summed E-state index contributed by atoms with van der Waals surface area (Å²) in [6.45, 7) is 1.56. The van der Waals surface area contributed by atoms with E-state index in [0.717, 1.165) is 0 Å². The molecule has 0 radical (unpaired) electrons. The molecule has 0 saturated heterocycles. The van der Waals surface area contributed by atoms with Gasteiger partial charge in [-0.25, -0.2) is 13.1 Å². The van der Waals surface area contributed by atoms with E-state index in [2.05, 4.69) is 20.7 Å². The molecule has 1 amide bonds. The molecule has 0 spiro atoms. The van der Waals surface area contributed by atoms with Crippen LogP contribution in [0.2, 0.25) is 0 Å². The third kappa shape index (κ3) is 3.97. The SMILES string of the molecule is CC(CC(N)=O)NS(=O)(=O)c1ccc(N)c(Br)c1. The van der Waals surface area contributed by atoms with Gasteiger partial charge in [0.1, 0.15) is 0 Å². The summed E-state index contributed by atoms with van der Waals surface area (Å²) in [6, 6.07) is 3.70. The molecule has 5 N–H and O–H groups in total. The average Bonchev–Trinajstić information content (AvgIpc) is 2.19. The predicted octanol–water partition coefficient (Wildman–Crippen LogP) is 0.574. The molecular weight excluding hydrogens is 322 g/mol. The Balaban J connectivity index is 2.92. The monoisotopic (exact) mass is 335 g/mol. The fourth-order valence-corrected chi connectivity index (χ4v) is 3.15. The summed E-state index contributed by atoms with van der Waals surface area (Å²) >= 11 is 3.15. The van der Waals surface area contributed by atoms with Crippen LogP contribution in [0.1, 0.15) is 13.3 Å². The highest BCUT2D eigenvalue weighted by molar-refractivity contribution is 9.10. The van der Waals surface area contributed by atoms with E-state index in [1.807, 2.05) is 0 Å². The van der Waals surface area contributed by atoms with Gasteiger partial charge in [-0.3, -0.25) is 4.79 Å². The Bertz CT molecular complexity index is 559. The summed E-state index contributed by atoms with van der Waals surface area (Å²) in [4.78, 5) is 10.8. The summed E-state index contributed by atoms with van der Waals surface area (Å²) in [5.74, 6) is -0.566. The summed E-state index contributed by atoms with van der Waals surface area (Å²) in [7, 11) is -3.69. The maximum atomic E-state index is 12.0. The van der Waals surface area contributed by atoms with Crippen molar-refractivity contribution in [2.24, 2.45) is 5.73 Å². The lowest BCUT2D eigenvalue weighted by atomic mass is 10.2. The number of carbonyl (C=O) groups is 1. The lowest BCUT2D eigenvalue weighted by Gasteiger charge is -2.13. The summed E-state index contributed by atoms with van der Waals surface area (Å²) in [6.07, 6.45) is -0.0601. The standard InChI is InChI=1S/C10H14BrN3O3S/c1-6(4-10(13)15)14-18(16,17)7-2-3-9(12)8(11)5-7/h2-3,5-6,14H,4,12H2,1H3,(H2,13,15). The first-order valence-corrected chi connectivity index (χ1v) is 7.35.